The van der Waals surface area contributed by atoms with Crippen LogP contribution in [-0.4, -0.2) is 45.7 Å². The molecule has 1 aliphatic rings. The van der Waals surface area contributed by atoms with E-state index in [1.807, 2.05) is 0 Å². The summed E-state index contributed by atoms with van der Waals surface area (Å²) in [6, 6.07) is 2.87. The standard InChI is InChI=1S/C11H15FN2O4S2/c1-14(8-5-6-19(15,16)7-8)20(17,18)10-4-2-3-9(12)11(10)13/h2-4,8H,5-7,13H2,1H3. The van der Waals surface area contributed by atoms with Gasteiger partial charge in [0.05, 0.1) is 17.2 Å². The maximum Gasteiger partial charge on any atom is 0.245 e. The maximum absolute atomic E-state index is 13.4. The zero-order valence-corrected chi connectivity index (χ0v) is 12.4. The van der Waals surface area contributed by atoms with Gasteiger partial charge in [0.2, 0.25) is 10.0 Å². The van der Waals surface area contributed by atoms with Gasteiger partial charge in [0.25, 0.3) is 0 Å². The topological polar surface area (TPSA) is 97.5 Å². The van der Waals surface area contributed by atoms with Crippen LogP contribution in [0.25, 0.3) is 0 Å². The summed E-state index contributed by atoms with van der Waals surface area (Å²) in [4.78, 5) is -0.343. The fraction of sp³-hybridized carbons (Fsp3) is 0.455. The minimum Gasteiger partial charge on any atom is -0.395 e. The number of nitrogens with two attached hydrogens (primary N) is 1. The van der Waals surface area contributed by atoms with Crippen molar-refractivity contribution in [1.29, 1.82) is 0 Å². The van der Waals surface area contributed by atoms with Crippen molar-refractivity contribution in [2.24, 2.45) is 0 Å². The van der Waals surface area contributed by atoms with E-state index in [0.29, 0.717) is 0 Å². The fourth-order valence-electron chi connectivity index (χ4n) is 2.16. The maximum atomic E-state index is 13.4. The first-order valence-corrected chi connectivity index (χ1v) is 9.14. The third-order valence-corrected chi connectivity index (χ3v) is 7.11. The highest BCUT2D eigenvalue weighted by atomic mass is 32.2. The summed E-state index contributed by atoms with van der Waals surface area (Å²) in [5.41, 5.74) is 5.00. The van der Waals surface area contributed by atoms with Gasteiger partial charge < -0.3 is 5.73 Å². The quantitative estimate of drug-likeness (QED) is 0.803. The molecule has 1 aromatic carbocycles. The van der Waals surface area contributed by atoms with Crippen LogP contribution in [0.5, 0.6) is 0 Å². The van der Waals surface area contributed by atoms with Crippen LogP contribution < -0.4 is 5.73 Å². The van der Waals surface area contributed by atoms with Crippen LogP contribution in [-0.2, 0) is 19.9 Å². The summed E-state index contributed by atoms with van der Waals surface area (Å²) in [5, 5.41) is 0. The highest BCUT2D eigenvalue weighted by Gasteiger charge is 2.37. The van der Waals surface area contributed by atoms with Gasteiger partial charge in [-0.3, -0.25) is 0 Å². The zero-order valence-electron chi connectivity index (χ0n) is 10.8. The van der Waals surface area contributed by atoms with Crippen molar-refractivity contribution < 1.29 is 21.2 Å². The molecule has 0 amide bonds. The minimum absolute atomic E-state index is 0.0455. The smallest absolute Gasteiger partial charge is 0.245 e. The number of hydrogen-bond acceptors (Lipinski definition) is 5. The summed E-state index contributed by atoms with van der Waals surface area (Å²) in [7, 11) is -5.95. The number of anilines is 1. The van der Waals surface area contributed by atoms with Gasteiger partial charge in [-0.25, -0.2) is 21.2 Å². The molecule has 0 saturated carbocycles. The van der Waals surface area contributed by atoms with Crippen LogP contribution in [0.15, 0.2) is 23.1 Å². The monoisotopic (exact) mass is 322 g/mol. The van der Waals surface area contributed by atoms with E-state index in [9.17, 15) is 21.2 Å². The van der Waals surface area contributed by atoms with E-state index in [-0.39, 0.29) is 22.8 Å². The predicted octanol–water partition coefficient (Wildman–Crippen LogP) is 0.215. The van der Waals surface area contributed by atoms with E-state index in [0.717, 1.165) is 10.4 Å². The number of halogens is 1. The molecule has 9 heteroatoms. The second-order valence-electron chi connectivity index (χ2n) is 4.73. The van der Waals surface area contributed by atoms with E-state index in [1.165, 1.54) is 19.2 Å². The molecule has 1 aliphatic heterocycles. The summed E-state index contributed by atoms with van der Waals surface area (Å²) in [5.74, 6) is -1.09. The van der Waals surface area contributed by atoms with Crippen molar-refractivity contribution in [1.82, 2.24) is 4.31 Å². The molecular formula is C11H15FN2O4S2. The lowest BCUT2D eigenvalue weighted by atomic mass is 10.3. The molecule has 0 spiro atoms. The van der Waals surface area contributed by atoms with E-state index in [2.05, 4.69) is 0 Å². The highest BCUT2D eigenvalue weighted by molar-refractivity contribution is 7.92. The van der Waals surface area contributed by atoms with Gasteiger partial charge in [0.15, 0.2) is 9.84 Å². The molecule has 1 saturated heterocycles. The Hall–Kier alpha value is -1.19. The molecule has 0 aromatic heterocycles. The SMILES string of the molecule is CN(C1CCS(=O)(=O)C1)S(=O)(=O)c1cccc(F)c1N. The van der Waals surface area contributed by atoms with Gasteiger partial charge in [-0.2, -0.15) is 4.31 Å². The molecule has 2 rings (SSSR count). The van der Waals surface area contributed by atoms with Crippen LogP contribution in [0.1, 0.15) is 6.42 Å². The third-order valence-electron chi connectivity index (χ3n) is 3.39. The zero-order chi connectivity index (χ0) is 15.1. The van der Waals surface area contributed by atoms with Crippen LogP contribution in [0.3, 0.4) is 0 Å². The van der Waals surface area contributed by atoms with E-state index in [4.69, 9.17) is 5.73 Å². The first-order chi connectivity index (χ1) is 9.15. The average molecular weight is 322 g/mol. The predicted molar refractivity (Wildman–Crippen MR) is 72.8 cm³/mol. The minimum atomic E-state index is -4.02. The van der Waals surface area contributed by atoms with Gasteiger partial charge in [-0.15, -0.1) is 0 Å². The highest BCUT2D eigenvalue weighted by Crippen LogP contribution is 2.27. The van der Waals surface area contributed by atoms with Crippen LogP contribution in [0, 0.1) is 5.82 Å². The average Bonchev–Trinajstić information content (AvgIpc) is 2.71. The largest absolute Gasteiger partial charge is 0.395 e. The first kappa shape index (κ1) is 15.2. The van der Waals surface area contributed by atoms with Crippen LogP contribution in [0.2, 0.25) is 0 Å². The Labute approximate surface area is 117 Å². The second kappa shape index (κ2) is 4.97. The number of nitrogens with zero attached hydrogens (tertiary/aromatic N) is 1. The van der Waals surface area contributed by atoms with E-state index < -0.39 is 37.4 Å². The van der Waals surface area contributed by atoms with Crippen molar-refractivity contribution in [2.75, 3.05) is 24.3 Å². The summed E-state index contributed by atoms with van der Waals surface area (Å²) >= 11 is 0. The van der Waals surface area contributed by atoms with Crippen LogP contribution >= 0.6 is 0 Å². The first-order valence-electron chi connectivity index (χ1n) is 5.87. The van der Waals surface area contributed by atoms with Gasteiger partial charge in [-0.05, 0) is 18.6 Å². The number of sulfone groups is 1. The van der Waals surface area contributed by atoms with Crippen molar-refractivity contribution in [3.63, 3.8) is 0 Å². The molecule has 0 radical (unpaired) electrons. The summed E-state index contributed by atoms with van der Waals surface area (Å²) < 4.78 is 62.0. The molecule has 1 fully saturated rings. The summed E-state index contributed by atoms with van der Waals surface area (Å²) in [6.45, 7) is 0. The third kappa shape index (κ3) is 2.65. The molecule has 1 atom stereocenters. The van der Waals surface area contributed by atoms with Crippen molar-refractivity contribution in [3.8, 4) is 0 Å². The Balaban J connectivity index is 2.38. The summed E-state index contributed by atoms with van der Waals surface area (Å²) in [6.07, 6.45) is 0.229. The molecule has 0 bridgehead atoms. The van der Waals surface area contributed by atoms with Crippen molar-refractivity contribution in [2.45, 2.75) is 17.4 Å². The number of para-hydroxylation sites is 1. The van der Waals surface area contributed by atoms with Crippen LogP contribution in [0.4, 0.5) is 10.1 Å². The Morgan fingerprint density at radius 2 is 2.05 bits per heavy atom. The lowest BCUT2D eigenvalue weighted by molar-refractivity contribution is 0.394. The Kier molecular flexibility index (Phi) is 3.78. The molecule has 6 nitrogen and oxygen atoms in total. The van der Waals surface area contributed by atoms with Crippen molar-refractivity contribution >= 4 is 25.5 Å². The molecule has 2 N–H and O–H groups in total. The molecular weight excluding hydrogens is 307 g/mol. The Morgan fingerprint density at radius 3 is 2.60 bits per heavy atom. The number of hydrogen-bond donors (Lipinski definition) is 1. The molecule has 0 aliphatic carbocycles. The van der Waals surface area contributed by atoms with Crippen molar-refractivity contribution in [3.05, 3.63) is 24.0 Å². The molecule has 20 heavy (non-hydrogen) atoms. The van der Waals surface area contributed by atoms with Gasteiger partial charge in [-0.1, -0.05) is 6.07 Å². The molecule has 112 valence electrons. The number of nitrogen functional groups attached to an aromatic ring is 1. The normalized spacial score (nSPS) is 22.2. The molecule has 1 aromatic rings. The van der Waals surface area contributed by atoms with E-state index >= 15 is 0 Å². The Bertz CT molecular complexity index is 731. The number of benzene rings is 1. The fourth-order valence-corrected chi connectivity index (χ4v) is 5.53. The van der Waals surface area contributed by atoms with Gasteiger partial charge in [0, 0.05) is 13.1 Å². The van der Waals surface area contributed by atoms with Gasteiger partial charge in [0.1, 0.15) is 10.7 Å². The van der Waals surface area contributed by atoms with E-state index in [1.54, 1.807) is 0 Å². The molecule has 1 unspecified atom stereocenters. The second-order valence-corrected chi connectivity index (χ2v) is 8.92. The molecule has 1 heterocycles. The lowest BCUT2D eigenvalue weighted by Gasteiger charge is -2.23. The van der Waals surface area contributed by atoms with Gasteiger partial charge >= 0.3 is 0 Å². The lowest BCUT2D eigenvalue weighted by Crippen LogP contribution is -2.38. The Morgan fingerprint density at radius 1 is 1.40 bits per heavy atom. The number of rotatable bonds is 3. The number of sulfonamides is 1.